The Hall–Kier alpha value is -4.21. The highest BCUT2D eigenvalue weighted by atomic mass is 19.3. The molecule has 4 aromatic rings. The molecular weight excluding hydrogens is 438 g/mol. The van der Waals surface area contributed by atoms with Crippen molar-refractivity contribution in [1.82, 2.24) is 10.1 Å². The third-order valence-corrected chi connectivity index (χ3v) is 4.54. The summed E-state index contributed by atoms with van der Waals surface area (Å²) in [6, 6.07) is 17.5. The number of fused-ring (bicyclic) bond motifs is 1. The maximum Gasteiger partial charge on any atom is 0.387 e. The fraction of sp³-hybridized carbons (Fsp3) is 0.174. The molecule has 1 heterocycles. The van der Waals surface area contributed by atoms with Crippen molar-refractivity contribution in [1.29, 1.82) is 0 Å². The van der Waals surface area contributed by atoms with E-state index in [1.54, 1.807) is 6.07 Å². The molecule has 0 bridgehead atoms. The number of rotatable bonds is 9. The van der Waals surface area contributed by atoms with Crippen LogP contribution >= 0.6 is 0 Å². The summed E-state index contributed by atoms with van der Waals surface area (Å²) in [5, 5.41) is 5.86. The predicted octanol–water partition coefficient (Wildman–Crippen LogP) is 4.62. The van der Waals surface area contributed by atoms with Crippen molar-refractivity contribution in [3.63, 3.8) is 0 Å². The average Bonchev–Trinajstić information content (AvgIpc) is 3.30. The Morgan fingerprint density at radius 2 is 1.85 bits per heavy atom. The fourth-order valence-corrected chi connectivity index (χ4v) is 3.01. The summed E-state index contributed by atoms with van der Waals surface area (Å²) in [6.45, 7) is -3.53. The molecule has 0 unspecified atom stereocenters. The van der Waals surface area contributed by atoms with Crippen molar-refractivity contribution in [3.8, 4) is 28.6 Å². The number of carbonyl (C=O) groups is 1. The lowest BCUT2D eigenvalue weighted by atomic mass is 10.1. The van der Waals surface area contributed by atoms with Gasteiger partial charge < -0.3 is 23.5 Å². The number of benzene rings is 3. The number of ether oxygens (including phenoxy) is 4. The lowest BCUT2D eigenvalue weighted by Crippen LogP contribution is -2.14. The van der Waals surface area contributed by atoms with E-state index in [2.05, 4.69) is 14.9 Å². The van der Waals surface area contributed by atoms with Crippen LogP contribution in [0.5, 0.6) is 17.2 Å². The third kappa shape index (κ3) is 5.53. The van der Waals surface area contributed by atoms with E-state index in [-0.39, 0.29) is 36.4 Å². The van der Waals surface area contributed by atoms with Crippen LogP contribution in [0.3, 0.4) is 0 Å². The van der Waals surface area contributed by atoms with Crippen molar-refractivity contribution in [2.24, 2.45) is 0 Å². The van der Waals surface area contributed by atoms with Gasteiger partial charge in [0.1, 0.15) is 5.75 Å². The van der Waals surface area contributed by atoms with Gasteiger partial charge in [0.15, 0.2) is 24.7 Å². The van der Waals surface area contributed by atoms with Crippen LogP contribution in [-0.2, 0) is 16.1 Å². The molecule has 0 fully saturated rings. The summed E-state index contributed by atoms with van der Waals surface area (Å²) in [4.78, 5) is 16.1. The number of halogens is 2. The standard InChI is InChI=1S/C23H18F2N2O6/c1-29-19-11-16(7-9-18(19)32-23(24)25)22-26-20(33-27-22)12-31-21(28)13-30-17-8-6-14-4-2-3-5-15(14)10-17/h2-11,23H,12-13H2,1H3. The van der Waals surface area contributed by atoms with E-state index >= 15 is 0 Å². The summed E-state index contributed by atoms with van der Waals surface area (Å²) in [5.74, 6) is 0.0973. The van der Waals surface area contributed by atoms with Gasteiger partial charge in [0.2, 0.25) is 5.82 Å². The van der Waals surface area contributed by atoms with Crippen LogP contribution < -0.4 is 14.2 Å². The van der Waals surface area contributed by atoms with E-state index in [0.29, 0.717) is 11.3 Å². The van der Waals surface area contributed by atoms with E-state index in [1.807, 2.05) is 36.4 Å². The molecule has 0 N–H and O–H groups in total. The molecule has 0 amide bonds. The van der Waals surface area contributed by atoms with Crippen LogP contribution in [0.15, 0.2) is 65.2 Å². The Morgan fingerprint density at radius 1 is 1.03 bits per heavy atom. The van der Waals surface area contributed by atoms with Crippen molar-refractivity contribution >= 4 is 16.7 Å². The molecule has 1 aromatic heterocycles. The minimum absolute atomic E-state index is 0.0518. The van der Waals surface area contributed by atoms with Gasteiger partial charge in [0.25, 0.3) is 5.89 Å². The second-order valence-corrected chi connectivity index (χ2v) is 6.71. The van der Waals surface area contributed by atoms with E-state index in [9.17, 15) is 13.6 Å². The highest BCUT2D eigenvalue weighted by Gasteiger charge is 2.16. The third-order valence-electron chi connectivity index (χ3n) is 4.54. The van der Waals surface area contributed by atoms with Crippen LogP contribution in [0.25, 0.3) is 22.2 Å². The topological polar surface area (TPSA) is 92.9 Å². The molecule has 0 aliphatic rings. The SMILES string of the molecule is COc1cc(-c2noc(COC(=O)COc3ccc4ccccc4c3)n2)ccc1OC(F)F. The summed E-state index contributed by atoms with van der Waals surface area (Å²) < 4.78 is 50.0. The zero-order chi connectivity index (χ0) is 23.2. The van der Waals surface area contributed by atoms with Crippen LogP contribution in [0, 0.1) is 0 Å². The smallest absolute Gasteiger partial charge is 0.387 e. The monoisotopic (exact) mass is 456 g/mol. The summed E-state index contributed by atoms with van der Waals surface area (Å²) in [5.41, 5.74) is 0.439. The number of alkyl halides is 2. The molecule has 0 spiro atoms. The van der Waals surface area contributed by atoms with Gasteiger partial charge in [-0.2, -0.15) is 13.8 Å². The Morgan fingerprint density at radius 3 is 2.64 bits per heavy atom. The molecule has 4 rings (SSSR count). The minimum Gasteiger partial charge on any atom is -0.493 e. The molecule has 33 heavy (non-hydrogen) atoms. The first kappa shape index (κ1) is 22.0. The van der Waals surface area contributed by atoms with E-state index < -0.39 is 12.6 Å². The van der Waals surface area contributed by atoms with Crippen molar-refractivity contribution in [2.75, 3.05) is 13.7 Å². The zero-order valence-corrected chi connectivity index (χ0v) is 17.4. The van der Waals surface area contributed by atoms with Gasteiger partial charge in [-0.15, -0.1) is 0 Å². The van der Waals surface area contributed by atoms with Gasteiger partial charge in [-0.1, -0.05) is 35.5 Å². The molecule has 0 saturated heterocycles. The molecule has 0 saturated carbocycles. The van der Waals surface area contributed by atoms with Gasteiger partial charge in [-0.3, -0.25) is 0 Å². The summed E-state index contributed by atoms with van der Waals surface area (Å²) in [7, 11) is 1.32. The predicted molar refractivity (Wildman–Crippen MR) is 112 cm³/mol. The second kappa shape index (κ2) is 9.94. The van der Waals surface area contributed by atoms with E-state index in [0.717, 1.165) is 10.8 Å². The Kier molecular flexibility index (Phi) is 6.63. The lowest BCUT2D eigenvalue weighted by molar-refractivity contribution is -0.148. The fourth-order valence-electron chi connectivity index (χ4n) is 3.01. The molecular formula is C23H18F2N2O6. The Bertz CT molecular complexity index is 1260. The first-order valence-corrected chi connectivity index (χ1v) is 9.75. The normalized spacial score (nSPS) is 10.9. The summed E-state index contributed by atoms with van der Waals surface area (Å²) >= 11 is 0. The number of aromatic nitrogens is 2. The maximum atomic E-state index is 12.5. The maximum absolute atomic E-state index is 12.5. The molecule has 0 aliphatic carbocycles. The number of nitrogens with zero attached hydrogens (tertiary/aromatic N) is 2. The molecule has 10 heteroatoms. The summed E-state index contributed by atoms with van der Waals surface area (Å²) in [6.07, 6.45) is 0. The Balaban J connectivity index is 1.32. The zero-order valence-electron chi connectivity index (χ0n) is 17.4. The first-order chi connectivity index (χ1) is 16.0. The van der Waals surface area contributed by atoms with Gasteiger partial charge in [0.05, 0.1) is 7.11 Å². The number of methoxy groups -OCH3 is 1. The second-order valence-electron chi connectivity index (χ2n) is 6.71. The first-order valence-electron chi connectivity index (χ1n) is 9.75. The quantitative estimate of drug-likeness (QED) is 0.337. The molecule has 0 radical (unpaired) electrons. The number of carbonyl (C=O) groups excluding carboxylic acids is 1. The lowest BCUT2D eigenvalue weighted by Gasteiger charge is -2.10. The average molecular weight is 456 g/mol. The molecule has 0 aliphatic heterocycles. The molecule has 170 valence electrons. The van der Waals surface area contributed by atoms with Crippen molar-refractivity contribution in [2.45, 2.75) is 13.2 Å². The molecule has 8 nitrogen and oxygen atoms in total. The Labute approximate surface area is 186 Å². The van der Waals surface area contributed by atoms with Gasteiger partial charge in [-0.05, 0) is 41.1 Å². The highest BCUT2D eigenvalue weighted by molar-refractivity contribution is 5.83. The van der Waals surface area contributed by atoms with Crippen LogP contribution in [0.4, 0.5) is 8.78 Å². The van der Waals surface area contributed by atoms with Crippen LogP contribution in [0.1, 0.15) is 5.89 Å². The molecule has 3 aromatic carbocycles. The van der Waals surface area contributed by atoms with Crippen molar-refractivity contribution < 1.29 is 37.0 Å². The van der Waals surface area contributed by atoms with Gasteiger partial charge in [-0.25, -0.2) is 4.79 Å². The van der Waals surface area contributed by atoms with Gasteiger partial charge >= 0.3 is 12.6 Å². The largest absolute Gasteiger partial charge is 0.493 e. The van der Waals surface area contributed by atoms with Crippen molar-refractivity contribution in [3.05, 3.63) is 66.6 Å². The molecule has 0 atom stereocenters. The number of hydrogen-bond acceptors (Lipinski definition) is 8. The van der Waals surface area contributed by atoms with Crippen LogP contribution in [0.2, 0.25) is 0 Å². The number of hydrogen-bond donors (Lipinski definition) is 0. The van der Waals surface area contributed by atoms with Crippen LogP contribution in [-0.4, -0.2) is 36.4 Å². The van der Waals surface area contributed by atoms with Gasteiger partial charge in [0, 0.05) is 5.56 Å². The minimum atomic E-state index is -2.98. The van der Waals surface area contributed by atoms with E-state index in [1.165, 1.54) is 25.3 Å². The number of esters is 1. The van der Waals surface area contributed by atoms with E-state index in [4.69, 9.17) is 18.7 Å². The highest BCUT2D eigenvalue weighted by Crippen LogP contribution is 2.32.